The van der Waals surface area contributed by atoms with Crippen molar-refractivity contribution in [3.63, 3.8) is 0 Å². The number of nitro benzene ring substituents is 1. The van der Waals surface area contributed by atoms with Crippen molar-refractivity contribution in [3.05, 3.63) is 117 Å². The Morgan fingerprint density at radius 3 is 2.21 bits per heavy atom. The summed E-state index contributed by atoms with van der Waals surface area (Å²) in [5.41, 5.74) is 4.28. The van der Waals surface area contributed by atoms with Crippen LogP contribution >= 0.6 is 23.4 Å². The second kappa shape index (κ2) is 10.2. The monoisotopic (exact) mass is 544 g/mol. The number of benzene rings is 3. The van der Waals surface area contributed by atoms with Gasteiger partial charge in [0.1, 0.15) is 5.70 Å². The van der Waals surface area contributed by atoms with Gasteiger partial charge in [0.25, 0.3) is 11.6 Å². The second-order valence-corrected chi connectivity index (χ2v) is 10.2. The predicted octanol–water partition coefficient (Wildman–Crippen LogP) is 6.90. The highest BCUT2D eigenvalue weighted by Crippen LogP contribution is 2.31. The standard InChI is InChI=1S/C28H21ClN4O4S/c1-17-14-19(15-26-27(34)32(28(35)30-26)23-5-3-4-20(29)16-23)18(2)31(17)21-6-10-24(11-7-21)38-25-12-8-22(9-13-25)33(36)37/h3-16H,1-2H3,(H,30,35)/b26-15+. The molecule has 3 amide bonds. The SMILES string of the molecule is Cc1cc(/C=C2/NC(=O)N(c3cccc(Cl)c3)C2=O)c(C)n1-c1ccc(Sc2ccc([N+](=O)[O-])cc2)cc1. The number of amides is 3. The molecule has 38 heavy (non-hydrogen) atoms. The van der Waals surface area contributed by atoms with E-state index in [4.69, 9.17) is 11.6 Å². The van der Waals surface area contributed by atoms with E-state index in [1.165, 1.54) is 23.9 Å². The van der Waals surface area contributed by atoms with Crippen molar-refractivity contribution >= 4 is 52.8 Å². The molecule has 1 aliphatic rings. The van der Waals surface area contributed by atoms with Gasteiger partial charge in [-0.3, -0.25) is 14.9 Å². The van der Waals surface area contributed by atoms with Gasteiger partial charge in [-0.1, -0.05) is 29.4 Å². The predicted molar refractivity (Wildman–Crippen MR) is 148 cm³/mol. The van der Waals surface area contributed by atoms with Crippen molar-refractivity contribution in [1.82, 2.24) is 9.88 Å². The summed E-state index contributed by atoms with van der Waals surface area (Å²) < 4.78 is 2.07. The molecule has 0 saturated carbocycles. The number of non-ortho nitro benzene ring substituents is 1. The first-order chi connectivity index (χ1) is 18.2. The van der Waals surface area contributed by atoms with Crippen molar-refractivity contribution in [2.24, 2.45) is 0 Å². The molecular weight excluding hydrogens is 524 g/mol. The summed E-state index contributed by atoms with van der Waals surface area (Å²) in [5.74, 6) is -0.449. The van der Waals surface area contributed by atoms with Crippen LogP contribution in [0.2, 0.25) is 5.02 Å². The van der Waals surface area contributed by atoms with Crippen LogP contribution < -0.4 is 10.2 Å². The van der Waals surface area contributed by atoms with Crippen LogP contribution in [0.1, 0.15) is 17.0 Å². The van der Waals surface area contributed by atoms with Crippen LogP contribution in [0.25, 0.3) is 11.8 Å². The maximum atomic E-state index is 13.0. The molecule has 0 aliphatic carbocycles. The molecular formula is C28H21ClN4O4S. The van der Waals surface area contributed by atoms with Crippen LogP contribution in [-0.4, -0.2) is 21.4 Å². The van der Waals surface area contributed by atoms with Gasteiger partial charge in [0.2, 0.25) is 0 Å². The minimum absolute atomic E-state index is 0.0602. The number of halogens is 1. The van der Waals surface area contributed by atoms with Gasteiger partial charge in [0.05, 0.1) is 10.6 Å². The van der Waals surface area contributed by atoms with Gasteiger partial charge >= 0.3 is 6.03 Å². The van der Waals surface area contributed by atoms with Crippen molar-refractivity contribution in [1.29, 1.82) is 0 Å². The van der Waals surface area contributed by atoms with Crippen LogP contribution in [0.4, 0.5) is 16.2 Å². The van der Waals surface area contributed by atoms with Crippen molar-refractivity contribution in [3.8, 4) is 5.69 Å². The normalized spacial score (nSPS) is 14.3. The Balaban J connectivity index is 1.37. The molecule has 5 rings (SSSR count). The third-order valence-electron chi connectivity index (χ3n) is 6.09. The van der Waals surface area contributed by atoms with Crippen molar-refractivity contribution in [2.75, 3.05) is 4.90 Å². The Labute approximate surface area is 227 Å². The molecule has 4 aromatic rings. The van der Waals surface area contributed by atoms with E-state index < -0.39 is 16.9 Å². The van der Waals surface area contributed by atoms with Crippen LogP contribution in [0.3, 0.4) is 0 Å². The lowest BCUT2D eigenvalue weighted by Crippen LogP contribution is -2.30. The Hall–Kier alpha value is -4.34. The number of aromatic nitrogens is 1. The highest BCUT2D eigenvalue weighted by Gasteiger charge is 2.35. The third kappa shape index (κ3) is 4.93. The number of nitro groups is 1. The van der Waals surface area contributed by atoms with Gasteiger partial charge in [0, 0.05) is 44.0 Å². The minimum Gasteiger partial charge on any atom is -0.318 e. The van der Waals surface area contributed by atoms with Gasteiger partial charge in [-0.05, 0) is 86.2 Å². The molecule has 0 atom stereocenters. The van der Waals surface area contributed by atoms with E-state index >= 15 is 0 Å². The number of rotatable bonds is 6. The number of nitrogens with one attached hydrogen (secondary N) is 1. The lowest BCUT2D eigenvalue weighted by atomic mass is 10.2. The number of hydrogen-bond acceptors (Lipinski definition) is 5. The fourth-order valence-corrected chi connectivity index (χ4v) is 5.31. The summed E-state index contributed by atoms with van der Waals surface area (Å²) in [6.45, 7) is 3.93. The van der Waals surface area contributed by atoms with Gasteiger partial charge < -0.3 is 9.88 Å². The molecule has 1 aliphatic heterocycles. The van der Waals surface area contributed by atoms with E-state index in [0.717, 1.165) is 37.3 Å². The fourth-order valence-electron chi connectivity index (χ4n) is 4.31. The molecule has 1 saturated heterocycles. The molecule has 1 N–H and O–H groups in total. The molecule has 190 valence electrons. The number of hydrogen-bond donors (Lipinski definition) is 1. The maximum absolute atomic E-state index is 13.0. The van der Waals surface area contributed by atoms with Gasteiger partial charge in [-0.25, -0.2) is 9.69 Å². The molecule has 1 fully saturated rings. The quantitative estimate of drug-likeness (QED) is 0.123. The number of carbonyl (C=O) groups is 2. The molecule has 0 radical (unpaired) electrons. The van der Waals surface area contributed by atoms with Crippen molar-refractivity contribution < 1.29 is 14.5 Å². The summed E-state index contributed by atoms with van der Waals surface area (Å²) in [5, 5.41) is 14.0. The molecule has 1 aromatic heterocycles. The van der Waals surface area contributed by atoms with Crippen LogP contribution in [0, 0.1) is 24.0 Å². The summed E-state index contributed by atoms with van der Waals surface area (Å²) in [7, 11) is 0. The zero-order chi connectivity index (χ0) is 27.0. The van der Waals surface area contributed by atoms with Gasteiger partial charge in [-0.15, -0.1) is 0 Å². The summed E-state index contributed by atoms with van der Waals surface area (Å²) in [6.07, 6.45) is 1.68. The summed E-state index contributed by atoms with van der Waals surface area (Å²) in [4.78, 5) is 39.0. The van der Waals surface area contributed by atoms with Crippen LogP contribution in [-0.2, 0) is 4.79 Å². The Morgan fingerprint density at radius 2 is 1.58 bits per heavy atom. The van der Waals surface area contributed by atoms with Gasteiger partial charge in [-0.2, -0.15) is 0 Å². The maximum Gasteiger partial charge on any atom is 0.333 e. The Morgan fingerprint density at radius 1 is 0.921 bits per heavy atom. The number of anilines is 1. The van der Waals surface area contributed by atoms with E-state index in [9.17, 15) is 19.7 Å². The number of imide groups is 1. The smallest absolute Gasteiger partial charge is 0.318 e. The molecule has 3 aromatic carbocycles. The Bertz CT molecular complexity index is 1610. The number of urea groups is 1. The van der Waals surface area contributed by atoms with E-state index in [1.54, 1.807) is 42.5 Å². The zero-order valence-electron chi connectivity index (χ0n) is 20.3. The Kier molecular flexibility index (Phi) is 6.79. The largest absolute Gasteiger partial charge is 0.333 e. The fraction of sp³-hybridized carbons (Fsp3) is 0.0714. The number of nitrogens with zero attached hydrogens (tertiary/aromatic N) is 3. The van der Waals surface area contributed by atoms with E-state index in [-0.39, 0.29) is 11.4 Å². The molecule has 10 heteroatoms. The second-order valence-electron chi connectivity index (χ2n) is 8.62. The molecule has 8 nitrogen and oxygen atoms in total. The first-order valence-electron chi connectivity index (χ1n) is 11.6. The molecule has 2 heterocycles. The molecule has 0 spiro atoms. The third-order valence-corrected chi connectivity index (χ3v) is 7.34. The molecule has 0 unspecified atom stereocenters. The average molecular weight is 545 g/mol. The molecule has 0 bridgehead atoms. The van der Waals surface area contributed by atoms with E-state index in [2.05, 4.69) is 9.88 Å². The van der Waals surface area contributed by atoms with Crippen molar-refractivity contribution in [2.45, 2.75) is 23.6 Å². The minimum atomic E-state index is -0.529. The zero-order valence-corrected chi connectivity index (χ0v) is 21.9. The van der Waals surface area contributed by atoms with E-state index in [0.29, 0.717) is 10.7 Å². The highest BCUT2D eigenvalue weighted by molar-refractivity contribution is 7.99. The van der Waals surface area contributed by atoms with Gasteiger partial charge in [0.15, 0.2) is 0 Å². The summed E-state index contributed by atoms with van der Waals surface area (Å²) >= 11 is 7.55. The van der Waals surface area contributed by atoms with Crippen LogP contribution in [0.5, 0.6) is 0 Å². The van der Waals surface area contributed by atoms with Crippen LogP contribution in [0.15, 0.2) is 94.4 Å². The highest BCUT2D eigenvalue weighted by atomic mass is 35.5. The summed E-state index contributed by atoms with van der Waals surface area (Å²) in [6, 6.07) is 22.4. The lowest BCUT2D eigenvalue weighted by molar-refractivity contribution is -0.384. The average Bonchev–Trinajstić information content (AvgIpc) is 3.33. The lowest BCUT2D eigenvalue weighted by Gasteiger charge is -2.11. The first-order valence-corrected chi connectivity index (χ1v) is 12.7. The number of carbonyl (C=O) groups excluding carboxylic acids is 2. The van der Waals surface area contributed by atoms with E-state index in [1.807, 2.05) is 44.2 Å². The topological polar surface area (TPSA) is 97.5 Å². The first kappa shape index (κ1) is 25.3. The number of aryl methyl sites for hydroxylation is 1.